The average molecular weight is 687 g/mol. The number of nitrogens with zero attached hydrogens (tertiary/aromatic N) is 3. The summed E-state index contributed by atoms with van der Waals surface area (Å²) in [5.41, 5.74) is 0.391. The van der Waals surface area contributed by atoms with Gasteiger partial charge in [0.2, 0.25) is 5.91 Å². The summed E-state index contributed by atoms with van der Waals surface area (Å²) >= 11 is 0. The minimum absolute atomic E-state index is 0.00694. The Bertz CT molecular complexity index is 1730. The minimum atomic E-state index is -5.05. The zero-order valence-electron chi connectivity index (χ0n) is 28.3. The molecule has 2 aliphatic rings. The maximum Gasteiger partial charge on any atom is 0.436 e. The highest BCUT2D eigenvalue weighted by Crippen LogP contribution is 2.49. The lowest BCUT2D eigenvalue weighted by Gasteiger charge is -2.45. The van der Waals surface area contributed by atoms with Crippen LogP contribution >= 0.6 is 0 Å². The Balaban J connectivity index is 1.49. The van der Waals surface area contributed by atoms with Gasteiger partial charge in [0, 0.05) is 54.4 Å². The van der Waals surface area contributed by atoms with Crippen LogP contribution in [-0.4, -0.2) is 56.5 Å². The van der Waals surface area contributed by atoms with Gasteiger partial charge >= 0.3 is 6.18 Å². The smallest absolute Gasteiger partial charge is 0.415 e. The highest BCUT2D eigenvalue weighted by molar-refractivity contribution is 6.74. The molecule has 0 spiro atoms. The molecule has 8 nitrogen and oxygen atoms in total. The summed E-state index contributed by atoms with van der Waals surface area (Å²) in [5.74, 6) is -2.51. The van der Waals surface area contributed by atoms with Crippen LogP contribution < -0.4 is 10.2 Å². The van der Waals surface area contributed by atoms with Crippen LogP contribution in [0.1, 0.15) is 67.7 Å². The SMILES string of the molecule is Cc1ccc(NC(=O)c2ccnc(C(F)(F)F)c2F)cc1-c1cnc2c(c1)[C@@]1(C)CCOCC[C@@H]1C(=O)N2CCO[Si](C)(C)C(C)(C)C. The largest absolute Gasteiger partial charge is 0.436 e. The van der Waals surface area contributed by atoms with Gasteiger partial charge in [-0.2, -0.15) is 13.2 Å². The lowest BCUT2D eigenvalue weighted by Crippen LogP contribution is -2.53. The number of hydrogen-bond acceptors (Lipinski definition) is 6. The number of aromatic nitrogens is 2. The summed E-state index contributed by atoms with van der Waals surface area (Å²) in [4.78, 5) is 36.6. The van der Waals surface area contributed by atoms with Crippen LogP contribution in [0.15, 0.2) is 42.7 Å². The van der Waals surface area contributed by atoms with Gasteiger partial charge in [0.15, 0.2) is 19.8 Å². The second-order valence-electron chi connectivity index (χ2n) is 14.3. The first-order chi connectivity index (χ1) is 22.3. The van der Waals surface area contributed by atoms with E-state index in [1.165, 1.54) is 0 Å². The summed E-state index contributed by atoms with van der Waals surface area (Å²) < 4.78 is 66.5. The number of hydrogen-bond donors (Lipinski definition) is 1. The van der Waals surface area contributed by atoms with Crippen molar-refractivity contribution in [3.8, 4) is 11.1 Å². The normalized spacial score (nSPS) is 20.2. The van der Waals surface area contributed by atoms with Gasteiger partial charge in [0.1, 0.15) is 5.82 Å². The molecule has 1 saturated heterocycles. The fourth-order valence-electron chi connectivity index (χ4n) is 6.18. The van der Waals surface area contributed by atoms with Gasteiger partial charge in [-0.3, -0.25) is 14.5 Å². The third kappa shape index (κ3) is 6.77. The third-order valence-corrected chi connectivity index (χ3v) is 14.7. The standard InChI is InChI=1S/C35H42F4N4O4Si/c1-21-8-9-23(42-31(44)24-10-13-40-29(28(24)36)35(37,38)39)19-25(21)22-18-27-30(41-20-22)43(14-17-47-48(6,7)33(2,3)4)32(45)26-11-15-46-16-12-34(26,27)5/h8-10,13,18-20,26H,11-12,14-17H2,1-7H3,(H,42,44)/t26-,34+/m1/s1. The van der Waals surface area contributed by atoms with Gasteiger partial charge in [-0.05, 0) is 73.3 Å². The fraction of sp³-hybridized carbons (Fsp3) is 0.486. The lowest BCUT2D eigenvalue weighted by molar-refractivity contribution is -0.143. The van der Waals surface area contributed by atoms with Gasteiger partial charge in [-0.25, -0.2) is 14.4 Å². The van der Waals surface area contributed by atoms with Crippen LogP contribution in [-0.2, 0) is 25.5 Å². The molecule has 0 bridgehead atoms. The number of fused-ring (bicyclic) bond motifs is 3. The molecule has 2 atom stereocenters. The number of nitrogens with one attached hydrogen (secondary N) is 1. The van der Waals surface area contributed by atoms with Crippen molar-refractivity contribution in [2.75, 3.05) is 36.6 Å². The van der Waals surface area contributed by atoms with Crippen LogP contribution in [0.25, 0.3) is 11.1 Å². The van der Waals surface area contributed by atoms with Gasteiger partial charge in [-0.15, -0.1) is 0 Å². The van der Waals surface area contributed by atoms with Gasteiger partial charge in [0.05, 0.1) is 18.1 Å². The zero-order valence-corrected chi connectivity index (χ0v) is 29.3. The molecule has 1 N–H and O–H groups in total. The van der Waals surface area contributed by atoms with Gasteiger partial charge in [-0.1, -0.05) is 33.8 Å². The van der Waals surface area contributed by atoms with E-state index >= 15 is 0 Å². The Hall–Kier alpha value is -3.68. The Morgan fingerprint density at radius 2 is 1.88 bits per heavy atom. The maximum atomic E-state index is 14.6. The lowest BCUT2D eigenvalue weighted by atomic mass is 9.66. The Kier molecular flexibility index (Phi) is 9.63. The van der Waals surface area contributed by atoms with E-state index in [1.54, 1.807) is 29.3 Å². The van der Waals surface area contributed by atoms with Crippen molar-refractivity contribution in [3.63, 3.8) is 0 Å². The Morgan fingerprint density at radius 1 is 1.15 bits per heavy atom. The number of carbonyl (C=O) groups is 2. The molecule has 0 radical (unpaired) electrons. The second kappa shape index (κ2) is 13.0. The number of benzene rings is 1. The molecular weight excluding hydrogens is 644 g/mol. The third-order valence-electron chi connectivity index (χ3n) is 10.2. The molecule has 13 heteroatoms. The van der Waals surface area contributed by atoms with Crippen molar-refractivity contribution >= 4 is 31.6 Å². The monoisotopic (exact) mass is 686 g/mol. The van der Waals surface area contributed by atoms with E-state index in [4.69, 9.17) is 14.1 Å². The number of pyridine rings is 2. The molecule has 2 aliphatic heterocycles. The first-order valence-corrected chi connectivity index (χ1v) is 18.9. The summed E-state index contributed by atoms with van der Waals surface area (Å²) in [6.45, 7) is 16.6. The molecule has 2 aromatic heterocycles. The van der Waals surface area contributed by atoms with Crippen molar-refractivity contribution in [1.29, 1.82) is 0 Å². The van der Waals surface area contributed by atoms with Crippen molar-refractivity contribution < 1.29 is 36.3 Å². The van der Waals surface area contributed by atoms with E-state index in [9.17, 15) is 27.2 Å². The van der Waals surface area contributed by atoms with Crippen LogP contribution in [0.4, 0.5) is 29.1 Å². The average Bonchev–Trinajstić information content (AvgIpc) is 3.21. The number of rotatable bonds is 7. The molecular formula is C35H42F4N4O4Si. The number of alkyl halides is 3. The van der Waals surface area contributed by atoms with Crippen molar-refractivity contribution in [3.05, 3.63) is 70.9 Å². The first-order valence-electron chi connectivity index (χ1n) is 16.0. The molecule has 1 aromatic carbocycles. The molecule has 48 heavy (non-hydrogen) atoms. The highest BCUT2D eigenvalue weighted by atomic mass is 28.4. The van der Waals surface area contributed by atoms with Crippen molar-refractivity contribution in [1.82, 2.24) is 9.97 Å². The Labute approximate surface area is 279 Å². The summed E-state index contributed by atoms with van der Waals surface area (Å²) in [7, 11) is -2.06. The van der Waals surface area contributed by atoms with Gasteiger partial charge < -0.3 is 14.5 Å². The fourth-order valence-corrected chi connectivity index (χ4v) is 7.22. The molecule has 4 heterocycles. The molecule has 0 aliphatic carbocycles. The summed E-state index contributed by atoms with van der Waals surface area (Å²) in [6.07, 6.45) is -1.42. The topological polar surface area (TPSA) is 93.7 Å². The summed E-state index contributed by atoms with van der Waals surface area (Å²) in [5, 5.41) is 2.54. The van der Waals surface area contributed by atoms with E-state index < -0.39 is 42.9 Å². The van der Waals surface area contributed by atoms with Crippen LogP contribution in [0.5, 0.6) is 0 Å². The highest BCUT2D eigenvalue weighted by Gasteiger charge is 2.50. The van der Waals surface area contributed by atoms with E-state index in [0.29, 0.717) is 50.6 Å². The molecule has 5 rings (SSSR count). The van der Waals surface area contributed by atoms with Crippen molar-refractivity contribution in [2.24, 2.45) is 5.92 Å². The minimum Gasteiger partial charge on any atom is -0.415 e. The van der Waals surface area contributed by atoms with E-state index in [2.05, 4.69) is 51.1 Å². The number of amides is 2. The molecule has 0 unspecified atom stereocenters. The van der Waals surface area contributed by atoms with Gasteiger partial charge in [0.25, 0.3) is 5.91 Å². The first kappa shape index (κ1) is 35.6. The van der Waals surface area contributed by atoms with E-state index in [0.717, 1.165) is 29.0 Å². The quantitative estimate of drug-likeness (QED) is 0.201. The molecule has 1 fully saturated rings. The van der Waals surface area contributed by atoms with Crippen LogP contribution in [0.2, 0.25) is 18.1 Å². The van der Waals surface area contributed by atoms with Crippen molar-refractivity contribution in [2.45, 2.75) is 77.2 Å². The predicted molar refractivity (Wildman–Crippen MR) is 178 cm³/mol. The molecule has 3 aromatic rings. The second-order valence-corrected chi connectivity index (χ2v) is 19.1. The molecule has 258 valence electrons. The number of ether oxygens (including phenoxy) is 1. The number of carbonyl (C=O) groups excluding carboxylic acids is 2. The zero-order chi connectivity index (χ0) is 35.2. The van der Waals surface area contributed by atoms with E-state index in [-0.39, 0.29) is 22.6 Å². The molecule has 2 amide bonds. The maximum absolute atomic E-state index is 14.6. The van der Waals surface area contributed by atoms with Crippen LogP contribution in [0.3, 0.4) is 0 Å². The summed E-state index contributed by atoms with van der Waals surface area (Å²) in [6, 6.07) is 7.96. The van der Waals surface area contributed by atoms with Crippen LogP contribution in [0, 0.1) is 18.7 Å². The Morgan fingerprint density at radius 3 is 2.56 bits per heavy atom. The molecule has 0 saturated carbocycles. The number of aryl methyl sites for hydroxylation is 1. The predicted octanol–water partition coefficient (Wildman–Crippen LogP) is 7.91. The van der Waals surface area contributed by atoms with E-state index in [1.807, 2.05) is 13.0 Å². The number of anilines is 2. The number of halogens is 4.